The number of aliphatic hydroxyl groups is 2. The minimum atomic E-state index is -3.49. The van der Waals surface area contributed by atoms with Crippen molar-refractivity contribution in [3.8, 4) is 0 Å². The Kier molecular flexibility index (Phi) is 5.45. The van der Waals surface area contributed by atoms with E-state index < -0.39 is 22.7 Å². The number of hydrogen-bond acceptors (Lipinski definition) is 5. The van der Waals surface area contributed by atoms with Gasteiger partial charge in [-0.05, 0) is 30.2 Å². The molecule has 3 rings (SSSR count). The Hall–Kier alpha value is -1.45. The SMILES string of the molecule is O=S(=O)(Cc1ccc(Cl)cc1)N1CCCn2nc(C(O)CO)cc2C1. The van der Waals surface area contributed by atoms with E-state index in [0.29, 0.717) is 41.5 Å². The molecule has 0 radical (unpaired) electrons. The van der Waals surface area contributed by atoms with E-state index in [1.165, 1.54) is 4.31 Å². The van der Waals surface area contributed by atoms with E-state index in [0.717, 1.165) is 0 Å². The lowest BCUT2D eigenvalue weighted by Crippen LogP contribution is -2.31. The number of sulfonamides is 1. The lowest BCUT2D eigenvalue weighted by atomic mass is 10.2. The quantitative estimate of drug-likeness (QED) is 0.808. The molecule has 136 valence electrons. The maximum atomic E-state index is 12.8. The Bertz CT molecular complexity index is 836. The van der Waals surface area contributed by atoms with Crippen LogP contribution in [-0.4, -0.2) is 45.9 Å². The highest BCUT2D eigenvalue weighted by molar-refractivity contribution is 7.88. The minimum Gasteiger partial charge on any atom is -0.393 e. The standard InChI is InChI=1S/C16H20ClN3O4S/c17-13-4-2-12(3-5-13)11-25(23,24)19-6-1-7-20-14(9-19)8-15(18-20)16(22)10-21/h2-5,8,16,21-22H,1,6-7,9-11H2. The summed E-state index contributed by atoms with van der Waals surface area (Å²) in [7, 11) is -3.49. The molecule has 2 aromatic rings. The molecule has 0 spiro atoms. The Morgan fingerprint density at radius 2 is 1.96 bits per heavy atom. The van der Waals surface area contributed by atoms with E-state index in [1.54, 1.807) is 35.0 Å². The number of nitrogens with zero attached hydrogens (tertiary/aromatic N) is 3. The molecule has 1 aromatic heterocycles. The zero-order valence-electron chi connectivity index (χ0n) is 13.5. The van der Waals surface area contributed by atoms with Crippen molar-refractivity contribution in [3.05, 3.63) is 52.3 Å². The average molecular weight is 386 g/mol. The first kappa shape index (κ1) is 18.3. The number of fused-ring (bicyclic) bond motifs is 1. The summed E-state index contributed by atoms with van der Waals surface area (Å²) in [5, 5.41) is 23.6. The van der Waals surface area contributed by atoms with Crippen LogP contribution < -0.4 is 0 Å². The Balaban J connectivity index is 1.80. The number of benzene rings is 1. The van der Waals surface area contributed by atoms with Gasteiger partial charge in [-0.3, -0.25) is 4.68 Å². The van der Waals surface area contributed by atoms with Crippen LogP contribution in [0.3, 0.4) is 0 Å². The van der Waals surface area contributed by atoms with Gasteiger partial charge in [-0.1, -0.05) is 23.7 Å². The molecule has 1 aliphatic rings. The zero-order valence-corrected chi connectivity index (χ0v) is 15.1. The first-order chi connectivity index (χ1) is 11.9. The van der Waals surface area contributed by atoms with E-state index in [2.05, 4.69) is 5.10 Å². The second kappa shape index (κ2) is 7.43. The Morgan fingerprint density at radius 1 is 1.24 bits per heavy atom. The summed E-state index contributed by atoms with van der Waals surface area (Å²) in [6, 6.07) is 8.41. The Labute approximate surface area is 151 Å². The highest BCUT2D eigenvalue weighted by atomic mass is 35.5. The van der Waals surface area contributed by atoms with Crippen LogP contribution in [0.1, 0.15) is 29.5 Å². The predicted octanol–water partition coefficient (Wildman–Crippen LogP) is 1.30. The van der Waals surface area contributed by atoms with Gasteiger partial charge in [-0.15, -0.1) is 0 Å². The van der Waals surface area contributed by atoms with Gasteiger partial charge in [0.05, 0.1) is 30.3 Å². The average Bonchev–Trinajstić information content (AvgIpc) is 2.87. The van der Waals surface area contributed by atoms with Gasteiger partial charge in [0.15, 0.2) is 0 Å². The van der Waals surface area contributed by atoms with Gasteiger partial charge < -0.3 is 10.2 Å². The van der Waals surface area contributed by atoms with Gasteiger partial charge in [0.2, 0.25) is 10.0 Å². The molecule has 2 heterocycles. The van der Waals surface area contributed by atoms with Crippen LogP contribution in [0.25, 0.3) is 0 Å². The second-order valence-electron chi connectivity index (χ2n) is 6.05. The molecule has 1 aromatic carbocycles. The molecule has 1 atom stereocenters. The van der Waals surface area contributed by atoms with E-state index >= 15 is 0 Å². The largest absolute Gasteiger partial charge is 0.393 e. The summed E-state index contributed by atoms with van der Waals surface area (Å²) < 4.78 is 28.7. The van der Waals surface area contributed by atoms with E-state index in [9.17, 15) is 13.5 Å². The van der Waals surface area contributed by atoms with Crippen molar-refractivity contribution in [2.45, 2.75) is 31.4 Å². The molecule has 25 heavy (non-hydrogen) atoms. The molecule has 0 amide bonds. The van der Waals surface area contributed by atoms with E-state index in [4.69, 9.17) is 16.7 Å². The molecule has 7 nitrogen and oxygen atoms in total. The lowest BCUT2D eigenvalue weighted by molar-refractivity contribution is 0.0916. The number of rotatable bonds is 5. The maximum absolute atomic E-state index is 12.8. The van der Waals surface area contributed by atoms with Crippen LogP contribution in [0.4, 0.5) is 0 Å². The minimum absolute atomic E-state index is 0.0928. The molecule has 1 unspecified atom stereocenters. The summed E-state index contributed by atoms with van der Waals surface area (Å²) in [5.41, 5.74) is 1.74. The van der Waals surface area contributed by atoms with Crippen LogP contribution in [0.2, 0.25) is 5.02 Å². The van der Waals surface area contributed by atoms with Crippen LogP contribution >= 0.6 is 11.6 Å². The second-order valence-corrected chi connectivity index (χ2v) is 8.46. The normalized spacial score (nSPS) is 17.1. The number of aryl methyl sites for hydroxylation is 1. The van der Waals surface area contributed by atoms with Crippen molar-refractivity contribution in [2.75, 3.05) is 13.2 Å². The third-order valence-electron chi connectivity index (χ3n) is 4.17. The highest BCUT2D eigenvalue weighted by Crippen LogP contribution is 2.22. The van der Waals surface area contributed by atoms with Crippen LogP contribution in [0.15, 0.2) is 30.3 Å². The number of hydrogen-bond donors (Lipinski definition) is 2. The van der Waals surface area contributed by atoms with Gasteiger partial charge in [0.1, 0.15) is 6.10 Å². The molecule has 0 fully saturated rings. The van der Waals surface area contributed by atoms with Crippen LogP contribution in [0, 0.1) is 0 Å². The van der Waals surface area contributed by atoms with E-state index in [-0.39, 0.29) is 12.3 Å². The third-order valence-corrected chi connectivity index (χ3v) is 6.22. The van der Waals surface area contributed by atoms with Crippen molar-refractivity contribution in [1.82, 2.24) is 14.1 Å². The molecule has 0 aliphatic carbocycles. The van der Waals surface area contributed by atoms with Gasteiger partial charge in [-0.2, -0.15) is 9.40 Å². The summed E-state index contributed by atoms with van der Waals surface area (Å²) >= 11 is 5.84. The molecule has 1 aliphatic heterocycles. The Morgan fingerprint density at radius 3 is 2.64 bits per heavy atom. The van der Waals surface area contributed by atoms with Gasteiger partial charge in [0.25, 0.3) is 0 Å². The number of halogens is 1. The lowest BCUT2D eigenvalue weighted by Gasteiger charge is -2.19. The van der Waals surface area contributed by atoms with Crippen molar-refractivity contribution < 1.29 is 18.6 Å². The fraction of sp³-hybridized carbons (Fsp3) is 0.438. The monoisotopic (exact) mass is 385 g/mol. The molecule has 0 saturated heterocycles. The van der Waals surface area contributed by atoms with Gasteiger partial charge in [-0.25, -0.2) is 8.42 Å². The van der Waals surface area contributed by atoms with Crippen molar-refractivity contribution in [3.63, 3.8) is 0 Å². The van der Waals surface area contributed by atoms with Crippen molar-refractivity contribution >= 4 is 21.6 Å². The maximum Gasteiger partial charge on any atom is 0.218 e. The first-order valence-corrected chi connectivity index (χ1v) is 9.95. The fourth-order valence-corrected chi connectivity index (χ4v) is 4.49. The molecular weight excluding hydrogens is 366 g/mol. The molecule has 2 N–H and O–H groups in total. The summed E-state index contributed by atoms with van der Waals surface area (Å²) in [4.78, 5) is 0. The van der Waals surface area contributed by atoms with Gasteiger partial charge in [0, 0.05) is 18.1 Å². The highest BCUT2D eigenvalue weighted by Gasteiger charge is 2.27. The predicted molar refractivity (Wildman–Crippen MR) is 93.4 cm³/mol. The van der Waals surface area contributed by atoms with Crippen LogP contribution in [-0.2, 0) is 28.9 Å². The molecular formula is C16H20ClN3O4S. The number of aromatic nitrogens is 2. The number of aliphatic hydroxyl groups excluding tert-OH is 2. The van der Waals surface area contributed by atoms with Gasteiger partial charge >= 0.3 is 0 Å². The molecule has 9 heteroatoms. The third kappa shape index (κ3) is 4.21. The van der Waals surface area contributed by atoms with Crippen molar-refractivity contribution in [1.29, 1.82) is 0 Å². The topological polar surface area (TPSA) is 95.7 Å². The zero-order chi connectivity index (χ0) is 18.0. The molecule has 0 saturated carbocycles. The summed E-state index contributed by atoms with van der Waals surface area (Å²) in [5.74, 6) is -0.0928. The van der Waals surface area contributed by atoms with Crippen LogP contribution in [0.5, 0.6) is 0 Å². The van der Waals surface area contributed by atoms with Crippen molar-refractivity contribution in [2.24, 2.45) is 0 Å². The summed E-state index contributed by atoms with van der Waals surface area (Å²) in [6.07, 6.45) is -0.429. The fourth-order valence-electron chi connectivity index (χ4n) is 2.83. The molecule has 0 bridgehead atoms. The smallest absolute Gasteiger partial charge is 0.218 e. The first-order valence-electron chi connectivity index (χ1n) is 7.97. The summed E-state index contributed by atoms with van der Waals surface area (Å²) in [6.45, 7) is 0.758. The van der Waals surface area contributed by atoms with E-state index in [1.807, 2.05) is 0 Å².